The van der Waals surface area contributed by atoms with Crippen LogP contribution in [-0.2, 0) is 0 Å². The summed E-state index contributed by atoms with van der Waals surface area (Å²) in [4.78, 5) is 7.78. The van der Waals surface area contributed by atoms with Crippen molar-refractivity contribution in [3.8, 4) is 11.4 Å². The van der Waals surface area contributed by atoms with Gasteiger partial charge in [-0.3, -0.25) is 10.1 Å². The summed E-state index contributed by atoms with van der Waals surface area (Å²) in [6.45, 7) is 17.7. The number of hydrogen-bond donors (Lipinski definition) is 2. The molecule has 0 spiro atoms. The highest BCUT2D eigenvalue weighted by atomic mass is 19.1. The third kappa shape index (κ3) is 5.38. The van der Waals surface area contributed by atoms with Crippen molar-refractivity contribution in [3.05, 3.63) is 118 Å². The fraction of sp³-hybridized carbons (Fsp3) is 0.103. The van der Waals surface area contributed by atoms with Crippen LogP contribution in [0.2, 0.25) is 0 Å². The first-order valence-electron chi connectivity index (χ1n) is 10.9. The van der Waals surface area contributed by atoms with Gasteiger partial charge in [-0.25, -0.2) is 4.39 Å². The second-order valence-corrected chi connectivity index (χ2v) is 7.71. The van der Waals surface area contributed by atoms with Crippen LogP contribution < -0.4 is 10.6 Å². The molecule has 2 aromatic heterocycles. The molecule has 0 atom stereocenters. The fourth-order valence-electron chi connectivity index (χ4n) is 3.62. The quantitative estimate of drug-likeness (QED) is 0.331. The number of nitrogens with zero attached hydrogens (tertiary/aromatic N) is 2. The Bertz CT molecular complexity index is 1420. The van der Waals surface area contributed by atoms with Gasteiger partial charge in [0.1, 0.15) is 11.5 Å². The Hall–Kier alpha value is -4.25. The van der Waals surface area contributed by atoms with E-state index in [0.717, 1.165) is 55.6 Å². The molecule has 4 nitrogen and oxygen atoms in total. The van der Waals surface area contributed by atoms with E-state index >= 15 is 0 Å². The molecule has 0 amide bonds. The number of aryl methyl sites for hydroxylation is 1. The topological polar surface area (TPSA) is 56.8 Å². The van der Waals surface area contributed by atoms with E-state index in [-0.39, 0.29) is 5.82 Å². The molecule has 5 heteroatoms. The zero-order chi connectivity index (χ0) is 24.7. The number of aromatic amines is 2. The van der Waals surface area contributed by atoms with Crippen LogP contribution >= 0.6 is 0 Å². The summed E-state index contributed by atoms with van der Waals surface area (Å²) in [6, 6.07) is 8.47. The molecule has 3 rings (SSSR count). The van der Waals surface area contributed by atoms with E-state index in [2.05, 4.69) is 39.9 Å². The normalized spacial score (nSPS) is 13.6. The second kappa shape index (κ2) is 11.1. The molecule has 2 heterocycles. The van der Waals surface area contributed by atoms with Crippen molar-refractivity contribution >= 4 is 24.4 Å². The number of halogens is 1. The van der Waals surface area contributed by atoms with Gasteiger partial charge in [0.25, 0.3) is 0 Å². The first-order chi connectivity index (χ1) is 16.4. The SMILES string of the molecule is C=CC=NC(=C\C)/C(C)=C/C=c1/[nH]nc(-c2cc(/C(=C\C=C)c3ccc(F)cc3)c(C)[nH]2)c1=C. The summed E-state index contributed by atoms with van der Waals surface area (Å²) >= 11 is 0. The maximum Gasteiger partial charge on any atom is 0.123 e. The van der Waals surface area contributed by atoms with Crippen molar-refractivity contribution in [1.29, 1.82) is 0 Å². The maximum atomic E-state index is 13.4. The average molecular weight is 453 g/mol. The van der Waals surface area contributed by atoms with Crippen LogP contribution in [0.25, 0.3) is 29.6 Å². The minimum absolute atomic E-state index is 0.270. The van der Waals surface area contributed by atoms with Gasteiger partial charge in [-0.05, 0) is 61.8 Å². The Kier molecular flexibility index (Phi) is 7.93. The monoisotopic (exact) mass is 452 g/mol. The molecule has 0 unspecified atom stereocenters. The van der Waals surface area contributed by atoms with E-state index in [0.29, 0.717) is 0 Å². The largest absolute Gasteiger partial charge is 0.357 e. The molecule has 0 fully saturated rings. The van der Waals surface area contributed by atoms with Crippen LogP contribution in [0.1, 0.15) is 30.7 Å². The van der Waals surface area contributed by atoms with E-state index in [1.165, 1.54) is 12.1 Å². The highest BCUT2D eigenvalue weighted by Gasteiger charge is 2.14. The zero-order valence-corrected chi connectivity index (χ0v) is 19.8. The lowest BCUT2D eigenvalue weighted by molar-refractivity contribution is 0.627. The smallest absolute Gasteiger partial charge is 0.123 e. The molecule has 2 N–H and O–H groups in total. The van der Waals surface area contributed by atoms with Gasteiger partial charge in [-0.15, -0.1) is 0 Å². The van der Waals surface area contributed by atoms with Crippen LogP contribution in [0.3, 0.4) is 0 Å². The molecule has 0 bridgehead atoms. The first-order valence-corrected chi connectivity index (χ1v) is 10.9. The van der Waals surface area contributed by atoms with Gasteiger partial charge in [0, 0.05) is 22.7 Å². The molecule has 0 aliphatic rings. The van der Waals surface area contributed by atoms with Crippen molar-refractivity contribution in [3.63, 3.8) is 0 Å². The molecule has 0 saturated heterocycles. The lowest BCUT2D eigenvalue weighted by Crippen LogP contribution is -2.21. The van der Waals surface area contributed by atoms with Gasteiger partial charge < -0.3 is 4.98 Å². The molecule has 34 heavy (non-hydrogen) atoms. The Labute approximate surface area is 199 Å². The molecule has 172 valence electrons. The molecule has 0 radical (unpaired) electrons. The van der Waals surface area contributed by atoms with Crippen molar-refractivity contribution in [2.75, 3.05) is 0 Å². The number of nitrogens with one attached hydrogen (secondary N) is 2. The van der Waals surface area contributed by atoms with Gasteiger partial charge in [0.05, 0.1) is 16.7 Å². The first kappa shape index (κ1) is 24.4. The standard InChI is InChI=1S/C29H29FN4/c1-7-10-24(22-12-14-23(30)15-13-22)25-18-28(32-21(25)6)29-20(5)27(33-34-29)16-11-19(4)26(9-3)31-17-8-2/h7-18,32-33H,1-2,5H2,3-4,6H3/b19-11+,24-10-,26-9-,27-16+,31-17?. The van der Waals surface area contributed by atoms with E-state index in [9.17, 15) is 4.39 Å². The van der Waals surface area contributed by atoms with Gasteiger partial charge in [0.15, 0.2) is 0 Å². The van der Waals surface area contributed by atoms with E-state index in [1.54, 1.807) is 30.5 Å². The summed E-state index contributed by atoms with van der Waals surface area (Å²) in [5, 5.41) is 9.16. The minimum Gasteiger partial charge on any atom is -0.357 e. The molecular weight excluding hydrogens is 423 g/mol. The number of aliphatic imine (C=N–C) groups is 1. The second-order valence-electron chi connectivity index (χ2n) is 7.71. The highest BCUT2D eigenvalue weighted by Crippen LogP contribution is 2.29. The third-order valence-corrected chi connectivity index (χ3v) is 5.40. The number of hydrogen-bond acceptors (Lipinski definition) is 2. The summed E-state index contributed by atoms with van der Waals surface area (Å²) in [5.74, 6) is -0.270. The maximum absolute atomic E-state index is 13.4. The Morgan fingerprint density at radius 3 is 2.50 bits per heavy atom. The van der Waals surface area contributed by atoms with Gasteiger partial charge in [-0.1, -0.05) is 62.2 Å². The summed E-state index contributed by atoms with van der Waals surface area (Å²) in [7, 11) is 0. The summed E-state index contributed by atoms with van der Waals surface area (Å²) < 4.78 is 13.4. The van der Waals surface area contributed by atoms with Crippen LogP contribution in [0.15, 0.2) is 90.1 Å². The summed E-state index contributed by atoms with van der Waals surface area (Å²) in [6.07, 6.45) is 12.8. The number of rotatable bonds is 8. The Morgan fingerprint density at radius 1 is 1.12 bits per heavy atom. The van der Waals surface area contributed by atoms with Crippen LogP contribution in [0.5, 0.6) is 0 Å². The van der Waals surface area contributed by atoms with E-state index in [4.69, 9.17) is 0 Å². The van der Waals surface area contributed by atoms with Gasteiger partial charge in [-0.2, -0.15) is 5.10 Å². The number of benzene rings is 1. The highest BCUT2D eigenvalue weighted by molar-refractivity contribution is 5.84. The Morgan fingerprint density at radius 2 is 1.85 bits per heavy atom. The molecular formula is C29H29FN4. The molecule has 0 aliphatic heterocycles. The van der Waals surface area contributed by atoms with Crippen LogP contribution in [0.4, 0.5) is 4.39 Å². The lowest BCUT2D eigenvalue weighted by atomic mass is 9.97. The molecule has 3 aromatic rings. The predicted octanol–water partition coefficient (Wildman–Crippen LogP) is 5.77. The number of allylic oxidation sites excluding steroid dienone is 6. The molecule has 0 saturated carbocycles. The predicted molar refractivity (Wildman–Crippen MR) is 142 cm³/mol. The van der Waals surface area contributed by atoms with Crippen molar-refractivity contribution < 1.29 is 4.39 Å². The van der Waals surface area contributed by atoms with E-state index in [1.807, 2.05) is 51.1 Å². The fourth-order valence-corrected chi connectivity index (χ4v) is 3.62. The minimum atomic E-state index is -0.270. The molecule has 1 aromatic carbocycles. The number of H-pyrrole nitrogens is 2. The van der Waals surface area contributed by atoms with Gasteiger partial charge >= 0.3 is 0 Å². The zero-order valence-electron chi connectivity index (χ0n) is 19.8. The average Bonchev–Trinajstić information content (AvgIpc) is 3.39. The van der Waals surface area contributed by atoms with Crippen LogP contribution in [-0.4, -0.2) is 21.4 Å². The third-order valence-electron chi connectivity index (χ3n) is 5.40. The van der Waals surface area contributed by atoms with Crippen molar-refractivity contribution in [2.45, 2.75) is 20.8 Å². The lowest BCUT2D eigenvalue weighted by Gasteiger charge is -2.07. The molecule has 0 aliphatic carbocycles. The number of aromatic nitrogens is 3. The Balaban J connectivity index is 2.00. The van der Waals surface area contributed by atoms with Crippen LogP contribution in [0, 0.1) is 12.7 Å². The van der Waals surface area contributed by atoms with E-state index < -0.39 is 0 Å². The summed E-state index contributed by atoms with van der Waals surface area (Å²) in [5.41, 5.74) is 7.26. The van der Waals surface area contributed by atoms with Crippen molar-refractivity contribution in [2.24, 2.45) is 4.99 Å². The van der Waals surface area contributed by atoms with Gasteiger partial charge in [0.2, 0.25) is 0 Å². The van der Waals surface area contributed by atoms with Crippen molar-refractivity contribution in [1.82, 2.24) is 15.2 Å².